The van der Waals surface area contributed by atoms with E-state index in [1.807, 2.05) is 24.3 Å². The minimum Gasteiger partial charge on any atom is -0.388 e. The van der Waals surface area contributed by atoms with Gasteiger partial charge in [0.25, 0.3) is 5.91 Å². The van der Waals surface area contributed by atoms with Crippen LogP contribution in [0.4, 0.5) is 0 Å². The molecule has 6 nitrogen and oxygen atoms in total. The lowest BCUT2D eigenvalue weighted by molar-refractivity contribution is -0.115. The third-order valence-corrected chi connectivity index (χ3v) is 7.35. The minimum absolute atomic E-state index is 0.168. The van der Waals surface area contributed by atoms with E-state index in [0.29, 0.717) is 23.7 Å². The Balaban J connectivity index is 1.19. The second-order valence-electron chi connectivity index (χ2n) is 8.98. The van der Waals surface area contributed by atoms with Gasteiger partial charge < -0.3 is 20.4 Å². The van der Waals surface area contributed by atoms with Gasteiger partial charge in [-0.1, -0.05) is 48.2 Å². The Kier molecular flexibility index (Phi) is 7.33. The Bertz CT molecular complexity index is 815. The molecular weight excluding hydrogens is 432 g/mol. The number of hydrogen-bond acceptors (Lipinski definition) is 4. The van der Waals surface area contributed by atoms with E-state index < -0.39 is 0 Å². The smallest absolute Gasteiger partial charge is 0.269 e. The highest BCUT2D eigenvalue weighted by Gasteiger charge is 2.44. The van der Waals surface area contributed by atoms with E-state index in [-0.39, 0.29) is 11.5 Å². The fraction of sp³-hybridized carbons (Fsp3) is 0.609. The Morgan fingerprint density at radius 2 is 1.87 bits per heavy atom. The first kappa shape index (κ1) is 22.3. The second kappa shape index (κ2) is 10.2. The molecule has 2 N–H and O–H groups in total. The maximum Gasteiger partial charge on any atom is 0.269 e. The number of oxime groups is 1. The zero-order chi connectivity index (χ0) is 21.7. The van der Waals surface area contributed by atoms with E-state index in [0.717, 1.165) is 49.1 Å². The third kappa shape index (κ3) is 5.89. The number of likely N-dealkylation sites (tertiary alicyclic amines) is 1. The molecule has 31 heavy (non-hydrogen) atoms. The van der Waals surface area contributed by atoms with Crippen molar-refractivity contribution in [1.29, 1.82) is 0 Å². The van der Waals surface area contributed by atoms with Gasteiger partial charge in [0.15, 0.2) is 5.11 Å². The number of rotatable bonds is 5. The van der Waals surface area contributed by atoms with Crippen LogP contribution in [0.1, 0.15) is 56.9 Å². The van der Waals surface area contributed by atoms with Gasteiger partial charge >= 0.3 is 0 Å². The van der Waals surface area contributed by atoms with E-state index >= 15 is 0 Å². The van der Waals surface area contributed by atoms with E-state index in [4.69, 9.17) is 28.7 Å². The summed E-state index contributed by atoms with van der Waals surface area (Å²) in [7, 11) is 0. The van der Waals surface area contributed by atoms with Crippen molar-refractivity contribution in [2.24, 2.45) is 11.1 Å². The third-order valence-electron chi connectivity index (χ3n) is 6.70. The Morgan fingerprint density at radius 3 is 2.58 bits per heavy atom. The van der Waals surface area contributed by atoms with Crippen LogP contribution in [-0.4, -0.2) is 46.9 Å². The standard InChI is InChI=1S/C23H31ClN4O2S/c24-19-8-6-18(7-9-19)15-25-21(29)20-14-23(30-27-20)10-12-28(13-11-23)22(31)26-16-17-4-2-1-3-5-17/h6-9,17H,1-5,10-16H2,(H,25,29)(H,26,31). The SMILES string of the molecule is O=C(NCc1ccc(Cl)cc1)C1=NOC2(CCN(C(=S)NCC3CCCCC3)CC2)C1. The molecule has 8 heteroatoms. The predicted octanol–water partition coefficient (Wildman–Crippen LogP) is 4.02. The molecule has 1 spiro atoms. The topological polar surface area (TPSA) is 66.0 Å². The van der Waals surface area contributed by atoms with Gasteiger partial charge in [0, 0.05) is 50.5 Å². The summed E-state index contributed by atoms with van der Waals surface area (Å²) in [5.74, 6) is 0.585. The van der Waals surface area contributed by atoms with Crippen molar-refractivity contribution in [2.45, 2.75) is 63.5 Å². The zero-order valence-corrected chi connectivity index (χ0v) is 19.4. The number of thiocarbonyl (C=S) groups is 1. The highest BCUT2D eigenvalue weighted by Crippen LogP contribution is 2.34. The molecule has 1 aliphatic carbocycles. The molecule has 0 bridgehead atoms. The summed E-state index contributed by atoms with van der Waals surface area (Å²) in [6, 6.07) is 7.43. The first-order valence-corrected chi connectivity index (χ1v) is 12.1. The van der Waals surface area contributed by atoms with Crippen LogP contribution in [0.5, 0.6) is 0 Å². The molecule has 0 radical (unpaired) electrons. The lowest BCUT2D eigenvalue weighted by Gasteiger charge is -2.38. The van der Waals surface area contributed by atoms with Crippen LogP contribution in [0.15, 0.2) is 29.4 Å². The van der Waals surface area contributed by atoms with Gasteiger partial charge in [0.2, 0.25) is 0 Å². The maximum atomic E-state index is 12.5. The monoisotopic (exact) mass is 462 g/mol. The summed E-state index contributed by atoms with van der Waals surface area (Å²) in [5.41, 5.74) is 1.09. The summed E-state index contributed by atoms with van der Waals surface area (Å²) in [4.78, 5) is 20.5. The number of piperidine rings is 1. The van der Waals surface area contributed by atoms with Crippen molar-refractivity contribution in [2.75, 3.05) is 19.6 Å². The van der Waals surface area contributed by atoms with Crippen molar-refractivity contribution in [3.63, 3.8) is 0 Å². The van der Waals surface area contributed by atoms with Gasteiger partial charge in [0.05, 0.1) is 0 Å². The van der Waals surface area contributed by atoms with Crippen molar-refractivity contribution < 1.29 is 9.63 Å². The predicted molar refractivity (Wildman–Crippen MR) is 127 cm³/mol. The quantitative estimate of drug-likeness (QED) is 0.647. The Morgan fingerprint density at radius 1 is 1.16 bits per heavy atom. The number of halogens is 1. The van der Waals surface area contributed by atoms with Gasteiger partial charge in [0.1, 0.15) is 11.3 Å². The van der Waals surface area contributed by atoms with Gasteiger partial charge in [-0.2, -0.15) is 0 Å². The van der Waals surface area contributed by atoms with E-state index in [1.165, 1.54) is 32.1 Å². The number of hydrogen-bond donors (Lipinski definition) is 2. The Labute approximate surface area is 194 Å². The fourth-order valence-electron chi connectivity index (χ4n) is 4.65. The van der Waals surface area contributed by atoms with Crippen LogP contribution in [0.25, 0.3) is 0 Å². The van der Waals surface area contributed by atoms with Gasteiger partial charge in [-0.25, -0.2) is 0 Å². The largest absolute Gasteiger partial charge is 0.388 e. The molecule has 0 atom stereocenters. The van der Waals surface area contributed by atoms with E-state index in [2.05, 4.69) is 20.7 Å². The summed E-state index contributed by atoms with van der Waals surface area (Å²) >= 11 is 11.5. The van der Waals surface area contributed by atoms with Crippen LogP contribution < -0.4 is 10.6 Å². The Hall–Kier alpha value is -1.86. The first-order valence-electron chi connectivity index (χ1n) is 11.3. The first-order chi connectivity index (χ1) is 15.0. The van der Waals surface area contributed by atoms with E-state index in [1.54, 1.807) is 0 Å². The fourth-order valence-corrected chi connectivity index (χ4v) is 5.04. The molecule has 0 unspecified atom stereocenters. The van der Waals surface area contributed by atoms with Crippen molar-refractivity contribution in [3.05, 3.63) is 34.9 Å². The molecule has 168 valence electrons. The molecule has 3 aliphatic rings. The molecule has 0 aromatic heterocycles. The number of benzene rings is 1. The highest BCUT2D eigenvalue weighted by molar-refractivity contribution is 7.80. The summed E-state index contributed by atoms with van der Waals surface area (Å²) in [5, 5.41) is 12.1. The van der Waals surface area contributed by atoms with Crippen molar-refractivity contribution in [1.82, 2.24) is 15.5 Å². The van der Waals surface area contributed by atoms with Gasteiger partial charge in [-0.15, -0.1) is 0 Å². The highest BCUT2D eigenvalue weighted by atomic mass is 35.5. The molecule has 4 rings (SSSR count). The van der Waals surface area contributed by atoms with Crippen molar-refractivity contribution in [3.8, 4) is 0 Å². The number of nitrogens with zero attached hydrogens (tertiary/aromatic N) is 2. The molecule has 1 amide bonds. The van der Waals surface area contributed by atoms with Crippen LogP contribution in [0.3, 0.4) is 0 Å². The summed E-state index contributed by atoms with van der Waals surface area (Å²) in [6.07, 6.45) is 8.87. The summed E-state index contributed by atoms with van der Waals surface area (Å²) < 4.78 is 0. The maximum absolute atomic E-state index is 12.5. The zero-order valence-electron chi connectivity index (χ0n) is 17.9. The molecule has 1 aromatic rings. The summed E-state index contributed by atoms with van der Waals surface area (Å²) in [6.45, 7) is 3.08. The lowest BCUT2D eigenvalue weighted by Crippen LogP contribution is -2.50. The average molecular weight is 463 g/mol. The average Bonchev–Trinajstić information content (AvgIpc) is 3.21. The second-order valence-corrected chi connectivity index (χ2v) is 9.80. The molecule has 1 saturated carbocycles. The van der Waals surface area contributed by atoms with Gasteiger partial charge in [-0.3, -0.25) is 4.79 Å². The van der Waals surface area contributed by atoms with Crippen LogP contribution in [0, 0.1) is 5.92 Å². The number of amides is 1. The normalized spacial score (nSPS) is 20.8. The molecule has 2 fully saturated rings. The van der Waals surface area contributed by atoms with E-state index in [9.17, 15) is 4.79 Å². The van der Waals surface area contributed by atoms with Crippen LogP contribution in [-0.2, 0) is 16.2 Å². The number of carbonyl (C=O) groups is 1. The van der Waals surface area contributed by atoms with Crippen LogP contribution in [0.2, 0.25) is 5.02 Å². The van der Waals surface area contributed by atoms with Gasteiger partial charge in [-0.05, 0) is 48.7 Å². The molecule has 2 heterocycles. The van der Waals surface area contributed by atoms with Crippen LogP contribution >= 0.6 is 23.8 Å². The molecule has 1 aromatic carbocycles. The lowest BCUT2D eigenvalue weighted by atomic mass is 9.87. The molecule has 1 saturated heterocycles. The number of carbonyl (C=O) groups excluding carboxylic acids is 1. The minimum atomic E-state index is -0.373. The molecule has 2 aliphatic heterocycles. The number of nitrogens with one attached hydrogen (secondary N) is 2. The van der Waals surface area contributed by atoms with Crippen molar-refractivity contribution >= 4 is 40.6 Å². The molecular formula is C23H31ClN4O2S.